The molecule has 2 heterocycles. The summed E-state index contributed by atoms with van der Waals surface area (Å²) in [7, 11) is 0. The van der Waals surface area contributed by atoms with E-state index in [0.29, 0.717) is 12.0 Å². The lowest BCUT2D eigenvalue weighted by molar-refractivity contribution is 0.0773. The van der Waals surface area contributed by atoms with Crippen molar-refractivity contribution >= 4 is 35.8 Å². The number of hydrogen-bond acceptors (Lipinski definition) is 3. The van der Waals surface area contributed by atoms with Gasteiger partial charge in [-0.1, -0.05) is 12.1 Å². The summed E-state index contributed by atoms with van der Waals surface area (Å²) in [6.07, 6.45) is 2.34. The Morgan fingerprint density at radius 1 is 1.21 bits per heavy atom. The second-order valence-corrected chi connectivity index (χ2v) is 7.82. The number of halogens is 1. The second-order valence-electron chi connectivity index (χ2n) is 7.82. The Morgan fingerprint density at radius 2 is 1.93 bits per heavy atom. The first-order valence-corrected chi connectivity index (χ1v) is 10.6. The summed E-state index contributed by atoms with van der Waals surface area (Å²) in [4.78, 5) is 21.5. The topological polar surface area (TPSA) is 57.2 Å². The van der Waals surface area contributed by atoms with Crippen LogP contribution < -0.4 is 5.32 Å². The first-order chi connectivity index (χ1) is 13.6. The van der Waals surface area contributed by atoms with Crippen molar-refractivity contribution in [1.82, 2.24) is 15.1 Å². The van der Waals surface area contributed by atoms with Crippen LogP contribution in [-0.4, -0.2) is 67.6 Å². The Hall–Kier alpha value is -1.35. The molecule has 1 aromatic rings. The van der Waals surface area contributed by atoms with E-state index >= 15 is 0 Å². The number of aliphatic imine (C=N–C) groups is 1. The molecular weight excluding hydrogens is 479 g/mol. The van der Waals surface area contributed by atoms with Gasteiger partial charge in [0.05, 0.1) is 13.2 Å². The molecule has 0 saturated carbocycles. The van der Waals surface area contributed by atoms with Crippen LogP contribution in [0.1, 0.15) is 49.5 Å². The summed E-state index contributed by atoms with van der Waals surface area (Å²) < 4.78 is 5.65. The van der Waals surface area contributed by atoms with Gasteiger partial charge in [-0.05, 0) is 51.3 Å². The van der Waals surface area contributed by atoms with Crippen LogP contribution in [0.2, 0.25) is 0 Å². The smallest absolute Gasteiger partial charge is 0.253 e. The van der Waals surface area contributed by atoms with E-state index in [9.17, 15) is 4.79 Å². The largest absolute Gasteiger partial charge is 0.381 e. The molecule has 1 unspecified atom stereocenters. The second kappa shape index (κ2) is 11.2. The van der Waals surface area contributed by atoms with Gasteiger partial charge in [0.1, 0.15) is 0 Å². The molecule has 2 fully saturated rings. The number of carbonyl (C=O) groups is 1. The SMILES string of the molecule is CCNC(=NCc1ccc(C(=O)N(CC)CC)cc1)N1CCC2(CCOC2)C1.I. The van der Waals surface area contributed by atoms with Crippen molar-refractivity contribution in [2.75, 3.05) is 45.9 Å². The normalized spacial score (nSPS) is 21.3. The molecule has 6 nitrogen and oxygen atoms in total. The van der Waals surface area contributed by atoms with Crippen LogP contribution in [0.5, 0.6) is 0 Å². The van der Waals surface area contributed by atoms with Crippen LogP contribution >= 0.6 is 24.0 Å². The zero-order valence-corrected chi connectivity index (χ0v) is 20.3. The Kier molecular flexibility index (Phi) is 9.20. The summed E-state index contributed by atoms with van der Waals surface area (Å²) in [6, 6.07) is 7.86. The van der Waals surface area contributed by atoms with Gasteiger partial charge in [-0.15, -0.1) is 24.0 Å². The molecule has 3 rings (SSSR count). The third-order valence-corrected chi connectivity index (χ3v) is 5.92. The Bertz CT molecular complexity index is 683. The maximum atomic E-state index is 12.4. The molecule has 1 atom stereocenters. The molecule has 29 heavy (non-hydrogen) atoms. The number of rotatable bonds is 6. The highest BCUT2D eigenvalue weighted by molar-refractivity contribution is 14.0. The van der Waals surface area contributed by atoms with E-state index in [2.05, 4.69) is 17.1 Å². The van der Waals surface area contributed by atoms with Gasteiger partial charge < -0.3 is 19.9 Å². The molecule has 7 heteroatoms. The molecule has 1 spiro atoms. The summed E-state index contributed by atoms with van der Waals surface area (Å²) in [5, 5.41) is 3.44. The third-order valence-electron chi connectivity index (χ3n) is 5.92. The molecule has 2 aliphatic rings. The minimum absolute atomic E-state index is 0. The van der Waals surface area contributed by atoms with Crippen molar-refractivity contribution < 1.29 is 9.53 Å². The van der Waals surface area contributed by atoms with Crippen LogP contribution in [0.15, 0.2) is 29.3 Å². The standard InChI is InChI=1S/C22H34N4O2.HI/c1-4-23-21(26-13-11-22(16-26)12-14-28-17-22)24-15-18-7-9-19(10-8-18)20(27)25(5-2)6-3;/h7-10H,4-6,11-17H2,1-3H3,(H,23,24);1H. The maximum absolute atomic E-state index is 12.4. The molecule has 0 bridgehead atoms. The highest BCUT2D eigenvalue weighted by Gasteiger charge is 2.42. The molecule has 162 valence electrons. The lowest BCUT2D eigenvalue weighted by Crippen LogP contribution is -2.41. The average molecular weight is 514 g/mol. The van der Waals surface area contributed by atoms with E-state index in [1.807, 2.05) is 43.0 Å². The lowest BCUT2D eigenvalue weighted by atomic mass is 9.87. The number of guanidine groups is 1. The minimum Gasteiger partial charge on any atom is -0.381 e. The van der Waals surface area contributed by atoms with Gasteiger partial charge >= 0.3 is 0 Å². The van der Waals surface area contributed by atoms with E-state index in [1.165, 1.54) is 6.42 Å². The van der Waals surface area contributed by atoms with Crippen LogP contribution in [-0.2, 0) is 11.3 Å². The summed E-state index contributed by atoms with van der Waals surface area (Å²) in [5.74, 6) is 1.07. The highest BCUT2D eigenvalue weighted by Crippen LogP contribution is 2.38. The molecule has 2 saturated heterocycles. The number of nitrogens with one attached hydrogen (secondary N) is 1. The number of carbonyl (C=O) groups excluding carboxylic acids is 1. The van der Waals surface area contributed by atoms with Crippen LogP contribution in [0.3, 0.4) is 0 Å². The summed E-state index contributed by atoms with van der Waals surface area (Å²) >= 11 is 0. The lowest BCUT2D eigenvalue weighted by Gasteiger charge is -2.25. The molecule has 0 aromatic heterocycles. The molecule has 2 aliphatic heterocycles. The zero-order valence-electron chi connectivity index (χ0n) is 17.9. The number of likely N-dealkylation sites (tertiary alicyclic amines) is 1. The van der Waals surface area contributed by atoms with Crippen LogP contribution in [0, 0.1) is 5.41 Å². The quantitative estimate of drug-likeness (QED) is 0.360. The highest BCUT2D eigenvalue weighted by atomic mass is 127. The van der Waals surface area contributed by atoms with Gasteiger partial charge in [0, 0.05) is 50.3 Å². The maximum Gasteiger partial charge on any atom is 0.253 e. The summed E-state index contributed by atoms with van der Waals surface area (Å²) in [6.45, 7) is 12.9. The van der Waals surface area contributed by atoms with Crippen molar-refractivity contribution in [3.63, 3.8) is 0 Å². The molecule has 1 N–H and O–H groups in total. The monoisotopic (exact) mass is 514 g/mol. The molecule has 0 aliphatic carbocycles. The zero-order chi connectivity index (χ0) is 20.0. The fourth-order valence-corrected chi connectivity index (χ4v) is 4.13. The first kappa shape index (κ1) is 23.9. The van der Waals surface area contributed by atoms with Crippen molar-refractivity contribution in [3.05, 3.63) is 35.4 Å². The number of benzene rings is 1. The van der Waals surface area contributed by atoms with Gasteiger partial charge in [0.15, 0.2) is 5.96 Å². The van der Waals surface area contributed by atoms with Gasteiger partial charge in [-0.3, -0.25) is 4.79 Å². The summed E-state index contributed by atoms with van der Waals surface area (Å²) in [5.41, 5.74) is 2.18. The number of ether oxygens (including phenoxy) is 1. The van der Waals surface area contributed by atoms with E-state index in [1.54, 1.807) is 0 Å². The number of amides is 1. The predicted molar refractivity (Wildman–Crippen MR) is 128 cm³/mol. The fraction of sp³-hybridized carbons (Fsp3) is 0.636. The van der Waals surface area contributed by atoms with E-state index < -0.39 is 0 Å². The van der Waals surface area contributed by atoms with Crippen LogP contribution in [0.25, 0.3) is 0 Å². The average Bonchev–Trinajstić information content (AvgIpc) is 3.36. The van der Waals surface area contributed by atoms with E-state index in [4.69, 9.17) is 9.73 Å². The van der Waals surface area contributed by atoms with Gasteiger partial charge in [-0.25, -0.2) is 4.99 Å². The minimum atomic E-state index is 0. The fourth-order valence-electron chi connectivity index (χ4n) is 4.13. The first-order valence-electron chi connectivity index (χ1n) is 10.6. The molecule has 1 amide bonds. The van der Waals surface area contributed by atoms with Gasteiger partial charge in [0.25, 0.3) is 5.91 Å². The van der Waals surface area contributed by atoms with Gasteiger partial charge in [-0.2, -0.15) is 0 Å². The van der Waals surface area contributed by atoms with Gasteiger partial charge in [0.2, 0.25) is 0 Å². The van der Waals surface area contributed by atoms with Crippen molar-refractivity contribution in [2.24, 2.45) is 10.4 Å². The van der Waals surface area contributed by atoms with E-state index in [-0.39, 0.29) is 29.9 Å². The van der Waals surface area contributed by atoms with Crippen molar-refractivity contribution in [3.8, 4) is 0 Å². The number of nitrogens with zero attached hydrogens (tertiary/aromatic N) is 3. The Morgan fingerprint density at radius 3 is 2.52 bits per heavy atom. The number of hydrogen-bond donors (Lipinski definition) is 1. The predicted octanol–water partition coefficient (Wildman–Crippen LogP) is 3.36. The van der Waals surface area contributed by atoms with Crippen molar-refractivity contribution in [1.29, 1.82) is 0 Å². The third kappa shape index (κ3) is 5.84. The molecule has 1 aromatic carbocycles. The Labute approximate surface area is 192 Å². The molecule has 0 radical (unpaired) electrons. The van der Waals surface area contributed by atoms with Crippen molar-refractivity contribution in [2.45, 2.75) is 40.2 Å². The van der Waals surface area contributed by atoms with Crippen LogP contribution in [0.4, 0.5) is 0 Å². The molecular formula is C22H35IN4O2. The Balaban J connectivity index is 0.00000300. The van der Waals surface area contributed by atoms with E-state index in [0.717, 1.165) is 69.4 Å².